The van der Waals surface area contributed by atoms with E-state index in [1.54, 1.807) is 18.2 Å². The number of nitrogens with zero attached hydrogens (tertiary/aromatic N) is 2. The molecule has 0 radical (unpaired) electrons. The molecule has 7 heteroatoms. The fraction of sp³-hybridized carbons (Fsp3) is 0.208. The molecule has 1 heterocycles. The second-order valence-electron chi connectivity index (χ2n) is 6.99. The van der Waals surface area contributed by atoms with Crippen LogP contribution in [0.3, 0.4) is 0 Å². The molecule has 31 heavy (non-hydrogen) atoms. The Labute approximate surface area is 194 Å². The number of halogens is 1. The molecule has 0 atom stereocenters. The summed E-state index contributed by atoms with van der Waals surface area (Å²) in [4.78, 5) is 26.0. The average molecular weight is 528 g/mol. The van der Waals surface area contributed by atoms with Crippen molar-refractivity contribution >= 4 is 51.4 Å². The van der Waals surface area contributed by atoms with E-state index in [-0.39, 0.29) is 0 Å². The van der Waals surface area contributed by atoms with Crippen molar-refractivity contribution in [3.63, 3.8) is 0 Å². The molecule has 0 saturated carbocycles. The first-order valence-corrected chi connectivity index (χ1v) is 11.2. The number of imide groups is 1. The Morgan fingerprint density at radius 3 is 2.29 bits per heavy atom. The molecule has 3 aromatic carbocycles. The molecule has 1 aliphatic rings. The molecule has 4 rings (SSSR count). The summed E-state index contributed by atoms with van der Waals surface area (Å²) in [5.41, 5.74) is 1.64. The standard InChI is InChI=1S/C24H21IN2O4/c1-3-11-31-22-19(25)12-15(13-20(22)30-4-2)14-26-27-23(28)17-9-5-7-16-8-6-10-18(21(16)17)24(27)29/h5-10,12-14H,3-4,11H2,1-2H3/b26-14-. The van der Waals surface area contributed by atoms with Gasteiger partial charge in [-0.15, -0.1) is 0 Å². The van der Waals surface area contributed by atoms with E-state index >= 15 is 0 Å². The van der Waals surface area contributed by atoms with Crippen molar-refractivity contribution in [2.24, 2.45) is 5.10 Å². The first-order valence-electron chi connectivity index (χ1n) is 10.1. The molecule has 0 bridgehead atoms. The molecule has 0 aliphatic carbocycles. The van der Waals surface area contributed by atoms with Gasteiger partial charge in [0.2, 0.25) is 0 Å². The maximum atomic E-state index is 13.0. The van der Waals surface area contributed by atoms with E-state index in [2.05, 4.69) is 27.7 Å². The normalized spacial score (nSPS) is 13.3. The predicted octanol–water partition coefficient (Wildman–Crippen LogP) is 5.26. The van der Waals surface area contributed by atoms with Gasteiger partial charge in [-0.3, -0.25) is 9.59 Å². The van der Waals surface area contributed by atoms with Crippen LogP contribution in [0.1, 0.15) is 46.5 Å². The zero-order valence-electron chi connectivity index (χ0n) is 17.2. The largest absolute Gasteiger partial charge is 0.490 e. The predicted molar refractivity (Wildman–Crippen MR) is 128 cm³/mol. The average Bonchev–Trinajstić information content (AvgIpc) is 2.77. The zero-order chi connectivity index (χ0) is 22.0. The van der Waals surface area contributed by atoms with Crippen molar-refractivity contribution in [2.45, 2.75) is 20.3 Å². The fourth-order valence-electron chi connectivity index (χ4n) is 3.52. The van der Waals surface area contributed by atoms with Gasteiger partial charge in [-0.25, -0.2) is 0 Å². The van der Waals surface area contributed by atoms with Crippen molar-refractivity contribution in [3.8, 4) is 11.5 Å². The van der Waals surface area contributed by atoms with Crippen LogP contribution in [0, 0.1) is 3.57 Å². The van der Waals surface area contributed by atoms with E-state index in [1.807, 2.05) is 44.2 Å². The quantitative estimate of drug-likeness (QED) is 0.238. The van der Waals surface area contributed by atoms with Gasteiger partial charge < -0.3 is 9.47 Å². The van der Waals surface area contributed by atoms with Crippen LogP contribution in [0.5, 0.6) is 11.5 Å². The van der Waals surface area contributed by atoms with Crippen LogP contribution in [-0.4, -0.2) is 36.3 Å². The minimum Gasteiger partial charge on any atom is -0.490 e. The van der Waals surface area contributed by atoms with Crippen molar-refractivity contribution in [2.75, 3.05) is 13.2 Å². The third-order valence-electron chi connectivity index (χ3n) is 4.85. The van der Waals surface area contributed by atoms with Crippen LogP contribution in [0.4, 0.5) is 0 Å². The van der Waals surface area contributed by atoms with Gasteiger partial charge >= 0.3 is 0 Å². The molecule has 0 aromatic heterocycles. The molecule has 0 unspecified atom stereocenters. The first-order chi connectivity index (χ1) is 15.0. The van der Waals surface area contributed by atoms with E-state index in [0.29, 0.717) is 46.8 Å². The van der Waals surface area contributed by atoms with Crippen LogP contribution in [-0.2, 0) is 0 Å². The summed E-state index contributed by atoms with van der Waals surface area (Å²) < 4.78 is 12.4. The third kappa shape index (κ3) is 4.01. The lowest BCUT2D eigenvalue weighted by molar-refractivity contribution is 0.0616. The van der Waals surface area contributed by atoms with Crippen LogP contribution in [0.25, 0.3) is 10.8 Å². The summed E-state index contributed by atoms with van der Waals surface area (Å²) >= 11 is 2.18. The summed E-state index contributed by atoms with van der Waals surface area (Å²) in [7, 11) is 0. The highest BCUT2D eigenvalue weighted by Crippen LogP contribution is 2.34. The number of hydrazone groups is 1. The summed E-state index contributed by atoms with van der Waals surface area (Å²) in [6.07, 6.45) is 2.39. The molecule has 3 aromatic rings. The number of hydrogen-bond donors (Lipinski definition) is 0. The number of ether oxygens (including phenoxy) is 2. The smallest absolute Gasteiger partial charge is 0.282 e. The van der Waals surface area contributed by atoms with Crippen LogP contribution in [0.15, 0.2) is 53.6 Å². The van der Waals surface area contributed by atoms with E-state index in [9.17, 15) is 9.59 Å². The van der Waals surface area contributed by atoms with Gasteiger partial charge in [0.1, 0.15) is 0 Å². The number of benzene rings is 3. The summed E-state index contributed by atoms with van der Waals surface area (Å²) in [5, 5.41) is 6.71. The van der Waals surface area contributed by atoms with E-state index in [0.717, 1.165) is 20.4 Å². The molecule has 0 saturated heterocycles. The number of carbonyl (C=O) groups is 2. The number of rotatable bonds is 7. The fourth-order valence-corrected chi connectivity index (χ4v) is 4.30. The highest BCUT2D eigenvalue weighted by molar-refractivity contribution is 14.1. The Morgan fingerprint density at radius 2 is 1.68 bits per heavy atom. The van der Waals surface area contributed by atoms with Gasteiger partial charge in [-0.05, 0) is 71.2 Å². The van der Waals surface area contributed by atoms with E-state index in [4.69, 9.17) is 9.47 Å². The SMILES string of the molecule is CCCOc1c(I)cc(/C=N\N2C(=O)c3cccc4cccc(c34)C2=O)cc1OCC. The van der Waals surface area contributed by atoms with Gasteiger partial charge in [0.15, 0.2) is 11.5 Å². The van der Waals surface area contributed by atoms with Crippen LogP contribution < -0.4 is 9.47 Å². The van der Waals surface area contributed by atoms with Crippen molar-refractivity contribution in [1.82, 2.24) is 5.01 Å². The van der Waals surface area contributed by atoms with Gasteiger partial charge in [-0.2, -0.15) is 10.1 Å². The summed E-state index contributed by atoms with van der Waals surface area (Å²) in [5.74, 6) is 0.421. The van der Waals surface area contributed by atoms with Gasteiger partial charge in [-0.1, -0.05) is 31.2 Å². The van der Waals surface area contributed by atoms with Crippen molar-refractivity contribution in [1.29, 1.82) is 0 Å². The Morgan fingerprint density at radius 1 is 1.00 bits per heavy atom. The van der Waals surface area contributed by atoms with Crippen LogP contribution in [0.2, 0.25) is 0 Å². The molecule has 0 spiro atoms. The Bertz CT molecular complexity index is 1150. The van der Waals surface area contributed by atoms with E-state index in [1.165, 1.54) is 6.21 Å². The third-order valence-corrected chi connectivity index (χ3v) is 5.66. The Balaban J connectivity index is 1.69. The number of amides is 2. The lowest BCUT2D eigenvalue weighted by atomic mass is 9.95. The Hall–Kier alpha value is -2.94. The van der Waals surface area contributed by atoms with Crippen molar-refractivity contribution in [3.05, 3.63) is 68.8 Å². The van der Waals surface area contributed by atoms with Crippen molar-refractivity contribution < 1.29 is 19.1 Å². The summed E-state index contributed by atoms with van der Waals surface area (Å²) in [6, 6.07) is 14.5. The molecule has 0 N–H and O–H groups in total. The zero-order valence-corrected chi connectivity index (χ0v) is 19.4. The molecule has 1 aliphatic heterocycles. The minimum atomic E-state index is -0.437. The van der Waals surface area contributed by atoms with Gasteiger partial charge in [0.25, 0.3) is 11.8 Å². The second kappa shape index (κ2) is 9.05. The van der Waals surface area contributed by atoms with Gasteiger partial charge in [0.05, 0.1) is 34.1 Å². The molecule has 0 fully saturated rings. The molecular weight excluding hydrogens is 507 g/mol. The highest BCUT2D eigenvalue weighted by atomic mass is 127. The minimum absolute atomic E-state index is 0.437. The first kappa shape index (κ1) is 21.3. The topological polar surface area (TPSA) is 68.2 Å². The lowest BCUT2D eigenvalue weighted by Gasteiger charge is -2.23. The maximum Gasteiger partial charge on any atom is 0.282 e. The lowest BCUT2D eigenvalue weighted by Crippen LogP contribution is -2.36. The summed E-state index contributed by atoms with van der Waals surface area (Å²) in [6.45, 7) is 5.02. The number of hydrogen-bond acceptors (Lipinski definition) is 5. The Kier molecular flexibility index (Phi) is 6.22. The molecule has 6 nitrogen and oxygen atoms in total. The number of carbonyl (C=O) groups excluding carboxylic acids is 2. The molecule has 158 valence electrons. The van der Waals surface area contributed by atoms with Gasteiger partial charge in [0, 0.05) is 5.39 Å². The second-order valence-corrected chi connectivity index (χ2v) is 8.15. The molecule has 2 amide bonds. The van der Waals surface area contributed by atoms with Crippen LogP contribution >= 0.6 is 22.6 Å². The highest BCUT2D eigenvalue weighted by Gasteiger charge is 2.32. The van der Waals surface area contributed by atoms with E-state index < -0.39 is 11.8 Å². The molecular formula is C24H21IN2O4. The maximum absolute atomic E-state index is 13.0. The monoisotopic (exact) mass is 528 g/mol.